The average molecular weight is 473 g/mol. The third-order valence-electron chi connectivity index (χ3n) is 6.09. The summed E-state index contributed by atoms with van der Waals surface area (Å²) in [7, 11) is 4.07. The zero-order valence-corrected chi connectivity index (χ0v) is 21.2. The summed E-state index contributed by atoms with van der Waals surface area (Å²) < 4.78 is 1.82. The first-order valence-corrected chi connectivity index (χ1v) is 11.8. The molecule has 35 heavy (non-hydrogen) atoms. The molecule has 0 aliphatic carbocycles. The van der Waals surface area contributed by atoms with Crippen molar-refractivity contribution in [2.75, 3.05) is 20.6 Å². The largest absolute Gasteiger partial charge is 0.351 e. The van der Waals surface area contributed by atoms with Crippen LogP contribution in [-0.2, 0) is 11.3 Å². The SMILES string of the molecule is CC1=CC(C)=NC(=O)C1CNC(=O)c1cc(-c2ccc(CN(C)C)cc2)nc2c1cnn2C(C)C. The lowest BCUT2D eigenvalue weighted by Crippen LogP contribution is -2.34. The van der Waals surface area contributed by atoms with Gasteiger partial charge in [0.15, 0.2) is 5.65 Å². The van der Waals surface area contributed by atoms with Gasteiger partial charge in [-0.25, -0.2) is 14.7 Å². The minimum absolute atomic E-state index is 0.0855. The van der Waals surface area contributed by atoms with Gasteiger partial charge in [-0.15, -0.1) is 0 Å². The molecule has 0 radical (unpaired) electrons. The molecule has 2 amide bonds. The van der Waals surface area contributed by atoms with Crippen molar-refractivity contribution in [1.29, 1.82) is 0 Å². The van der Waals surface area contributed by atoms with Gasteiger partial charge in [0.05, 0.1) is 28.8 Å². The predicted octanol–water partition coefficient (Wildman–Crippen LogP) is 4.03. The Balaban J connectivity index is 1.68. The molecule has 1 aliphatic heterocycles. The van der Waals surface area contributed by atoms with E-state index in [1.165, 1.54) is 5.56 Å². The molecule has 4 rings (SSSR count). The van der Waals surface area contributed by atoms with Crippen LogP contribution in [0.1, 0.15) is 49.7 Å². The number of nitrogens with one attached hydrogen (secondary N) is 1. The quantitative estimate of drug-likeness (QED) is 0.560. The van der Waals surface area contributed by atoms with Crippen LogP contribution in [-0.4, -0.2) is 57.8 Å². The molecule has 0 spiro atoms. The van der Waals surface area contributed by atoms with E-state index in [4.69, 9.17) is 4.98 Å². The Morgan fingerprint density at radius 1 is 1.17 bits per heavy atom. The van der Waals surface area contributed by atoms with Crippen molar-refractivity contribution >= 4 is 28.6 Å². The summed E-state index contributed by atoms with van der Waals surface area (Å²) in [4.78, 5) is 36.8. The zero-order valence-electron chi connectivity index (χ0n) is 21.2. The number of amides is 2. The van der Waals surface area contributed by atoms with Crippen LogP contribution in [0.25, 0.3) is 22.3 Å². The monoisotopic (exact) mass is 472 g/mol. The number of carbonyl (C=O) groups is 2. The van der Waals surface area contributed by atoms with Gasteiger partial charge < -0.3 is 10.2 Å². The van der Waals surface area contributed by atoms with E-state index < -0.39 is 5.92 Å². The van der Waals surface area contributed by atoms with E-state index in [2.05, 4.69) is 32.4 Å². The molecule has 1 aliphatic rings. The summed E-state index contributed by atoms with van der Waals surface area (Å²) >= 11 is 0. The highest BCUT2D eigenvalue weighted by molar-refractivity contribution is 6.08. The number of rotatable bonds is 7. The highest BCUT2D eigenvalue weighted by atomic mass is 16.2. The molecular formula is C27H32N6O2. The lowest BCUT2D eigenvalue weighted by atomic mass is 9.95. The Morgan fingerprint density at radius 2 is 1.89 bits per heavy atom. The number of aliphatic imine (C=N–C) groups is 1. The van der Waals surface area contributed by atoms with Crippen LogP contribution in [0.15, 0.2) is 53.2 Å². The fourth-order valence-electron chi connectivity index (χ4n) is 4.32. The molecule has 3 heterocycles. The van der Waals surface area contributed by atoms with E-state index in [0.29, 0.717) is 28.0 Å². The third-order valence-corrected chi connectivity index (χ3v) is 6.09. The third kappa shape index (κ3) is 5.22. The molecule has 1 aromatic carbocycles. The molecule has 0 saturated heterocycles. The molecule has 0 fully saturated rings. The highest BCUT2D eigenvalue weighted by Crippen LogP contribution is 2.27. The number of allylic oxidation sites excluding steroid dienone is 1. The van der Waals surface area contributed by atoms with Crippen LogP contribution in [0.2, 0.25) is 0 Å². The van der Waals surface area contributed by atoms with Gasteiger partial charge in [0.25, 0.3) is 11.8 Å². The van der Waals surface area contributed by atoms with Gasteiger partial charge in [-0.2, -0.15) is 5.10 Å². The number of carbonyl (C=O) groups excluding carboxylic acids is 2. The van der Waals surface area contributed by atoms with Gasteiger partial charge in [0.1, 0.15) is 0 Å². The van der Waals surface area contributed by atoms with Gasteiger partial charge >= 0.3 is 0 Å². The minimum Gasteiger partial charge on any atom is -0.351 e. The van der Waals surface area contributed by atoms with Crippen LogP contribution in [0.4, 0.5) is 0 Å². The summed E-state index contributed by atoms with van der Waals surface area (Å²) in [5, 5.41) is 8.11. The number of aromatic nitrogens is 3. The van der Waals surface area contributed by atoms with Crippen LogP contribution in [0.3, 0.4) is 0 Å². The van der Waals surface area contributed by atoms with Crippen LogP contribution in [0, 0.1) is 5.92 Å². The molecule has 1 atom stereocenters. The Bertz CT molecular complexity index is 1330. The second-order valence-electron chi connectivity index (χ2n) is 9.65. The molecule has 0 saturated carbocycles. The number of nitrogens with zero attached hydrogens (tertiary/aromatic N) is 5. The van der Waals surface area contributed by atoms with E-state index in [-0.39, 0.29) is 24.4 Å². The Hall–Kier alpha value is -3.65. The molecule has 2 aromatic heterocycles. The fraction of sp³-hybridized carbons (Fsp3) is 0.370. The summed E-state index contributed by atoms with van der Waals surface area (Å²) in [5.74, 6) is -0.950. The highest BCUT2D eigenvalue weighted by Gasteiger charge is 2.25. The lowest BCUT2D eigenvalue weighted by Gasteiger charge is -2.19. The summed E-state index contributed by atoms with van der Waals surface area (Å²) in [5.41, 5.74) is 5.55. The van der Waals surface area contributed by atoms with E-state index in [1.54, 1.807) is 19.2 Å². The standard InChI is InChI=1S/C27H32N6O2/c1-16(2)33-25-23(14-29-33)21(26(34)28-13-22-17(3)11-18(4)30-27(22)35)12-24(31-25)20-9-7-19(8-10-20)15-32(5)6/h7-12,14,16,22H,13,15H2,1-6H3,(H,28,34). The van der Waals surface area contributed by atoms with Crippen molar-refractivity contribution in [1.82, 2.24) is 25.0 Å². The summed E-state index contributed by atoms with van der Waals surface area (Å²) in [6.07, 6.45) is 3.57. The summed E-state index contributed by atoms with van der Waals surface area (Å²) in [6.45, 7) is 8.78. The van der Waals surface area contributed by atoms with E-state index >= 15 is 0 Å². The second-order valence-corrected chi connectivity index (χ2v) is 9.65. The maximum atomic E-state index is 13.4. The maximum absolute atomic E-state index is 13.4. The summed E-state index contributed by atoms with van der Waals surface area (Å²) in [6, 6.07) is 10.1. The molecule has 8 heteroatoms. The van der Waals surface area contributed by atoms with Crippen LogP contribution >= 0.6 is 0 Å². The van der Waals surface area contributed by atoms with E-state index in [0.717, 1.165) is 17.7 Å². The molecule has 1 unspecified atom stereocenters. The molecule has 8 nitrogen and oxygen atoms in total. The van der Waals surface area contributed by atoms with Crippen molar-refractivity contribution in [2.24, 2.45) is 10.9 Å². The number of hydrogen-bond donors (Lipinski definition) is 1. The van der Waals surface area contributed by atoms with Gasteiger partial charge in [0.2, 0.25) is 0 Å². The number of benzene rings is 1. The number of fused-ring (bicyclic) bond motifs is 1. The normalized spacial score (nSPS) is 16.1. The minimum atomic E-state index is -0.456. The lowest BCUT2D eigenvalue weighted by molar-refractivity contribution is -0.120. The Kier molecular flexibility index (Phi) is 6.93. The molecule has 3 aromatic rings. The smallest absolute Gasteiger partial charge is 0.254 e. The second kappa shape index (κ2) is 9.92. The molecule has 0 bridgehead atoms. The van der Waals surface area contributed by atoms with Crippen LogP contribution < -0.4 is 5.32 Å². The van der Waals surface area contributed by atoms with Gasteiger partial charge in [-0.05, 0) is 59.5 Å². The van der Waals surface area contributed by atoms with E-state index in [1.807, 2.05) is 57.8 Å². The van der Waals surface area contributed by atoms with Crippen molar-refractivity contribution in [3.05, 3.63) is 59.3 Å². The Labute approximate surface area is 205 Å². The maximum Gasteiger partial charge on any atom is 0.254 e. The average Bonchev–Trinajstić information content (AvgIpc) is 3.22. The van der Waals surface area contributed by atoms with E-state index in [9.17, 15) is 9.59 Å². The first-order chi connectivity index (χ1) is 16.6. The number of hydrogen-bond acceptors (Lipinski definition) is 5. The number of pyridine rings is 1. The van der Waals surface area contributed by atoms with Gasteiger partial charge in [-0.1, -0.05) is 29.8 Å². The van der Waals surface area contributed by atoms with Gasteiger partial charge in [0, 0.05) is 30.4 Å². The topological polar surface area (TPSA) is 92.5 Å². The molecule has 182 valence electrons. The van der Waals surface area contributed by atoms with Crippen molar-refractivity contribution in [3.63, 3.8) is 0 Å². The van der Waals surface area contributed by atoms with Gasteiger partial charge in [-0.3, -0.25) is 9.59 Å². The first kappa shape index (κ1) is 24.5. The first-order valence-electron chi connectivity index (χ1n) is 11.8. The molecule has 1 N–H and O–H groups in total. The zero-order chi connectivity index (χ0) is 25.3. The van der Waals surface area contributed by atoms with Crippen LogP contribution in [0.5, 0.6) is 0 Å². The molecular weight excluding hydrogens is 440 g/mol. The predicted molar refractivity (Wildman–Crippen MR) is 138 cm³/mol. The van der Waals surface area contributed by atoms with Crippen molar-refractivity contribution in [2.45, 2.75) is 40.3 Å². The van der Waals surface area contributed by atoms with Crippen molar-refractivity contribution < 1.29 is 9.59 Å². The number of dihydropyridines is 1. The van der Waals surface area contributed by atoms with Crippen molar-refractivity contribution in [3.8, 4) is 11.3 Å². The Morgan fingerprint density at radius 3 is 2.51 bits per heavy atom. The fourth-order valence-corrected chi connectivity index (χ4v) is 4.32.